The van der Waals surface area contributed by atoms with Crippen molar-refractivity contribution < 1.29 is 4.79 Å². The highest BCUT2D eigenvalue weighted by Crippen LogP contribution is 2.11. The minimum absolute atomic E-state index is 0.0554. The third-order valence-corrected chi connectivity index (χ3v) is 1.86. The summed E-state index contributed by atoms with van der Waals surface area (Å²) in [5.41, 5.74) is 1.25. The third-order valence-electron chi connectivity index (χ3n) is 1.86. The number of aromatic amines is 1. The number of hydrogen-bond donors (Lipinski definition) is 1. The second-order valence-electron chi connectivity index (χ2n) is 2.91. The van der Waals surface area contributed by atoms with Crippen molar-refractivity contribution in [1.82, 2.24) is 15.0 Å². The number of aromatic nitrogens is 3. The van der Waals surface area contributed by atoms with Crippen molar-refractivity contribution >= 4 is 5.78 Å². The van der Waals surface area contributed by atoms with Gasteiger partial charge in [0.25, 0.3) is 0 Å². The number of carbonyl (C=O) groups is 1. The molecule has 2 aromatic heterocycles. The average Bonchev–Trinajstić information content (AvgIpc) is 2.71. The molecule has 2 rings (SSSR count). The van der Waals surface area contributed by atoms with E-state index in [1.165, 1.54) is 6.92 Å². The summed E-state index contributed by atoms with van der Waals surface area (Å²) in [4.78, 5) is 22.2. The van der Waals surface area contributed by atoms with Crippen LogP contribution in [0.4, 0.5) is 0 Å². The normalized spacial score (nSPS) is 10.1. The lowest BCUT2D eigenvalue weighted by Crippen LogP contribution is -1.99. The van der Waals surface area contributed by atoms with E-state index in [9.17, 15) is 4.79 Å². The van der Waals surface area contributed by atoms with Gasteiger partial charge in [0, 0.05) is 19.3 Å². The fourth-order valence-corrected chi connectivity index (χ4v) is 1.15. The zero-order valence-corrected chi connectivity index (χ0v) is 7.69. The molecular weight excluding hydrogens is 178 g/mol. The maximum Gasteiger partial charge on any atom is 0.178 e. The highest BCUT2D eigenvalue weighted by molar-refractivity contribution is 5.92. The number of hydrogen-bond acceptors (Lipinski definition) is 3. The van der Waals surface area contributed by atoms with Gasteiger partial charge in [0.05, 0.1) is 5.69 Å². The van der Waals surface area contributed by atoms with Crippen LogP contribution >= 0.6 is 0 Å². The Hall–Kier alpha value is -1.97. The number of ketones is 1. The number of nitrogens with zero attached hydrogens (tertiary/aromatic N) is 2. The highest BCUT2D eigenvalue weighted by Gasteiger charge is 2.05. The van der Waals surface area contributed by atoms with E-state index in [0.717, 1.165) is 5.69 Å². The molecular formula is C10H9N3O. The van der Waals surface area contributed by atoms with Crippen molar-refractivity contribution in [3.63, 3.8) is 0 Å². The quantitative estimate of drug-likeness (QED) is 0.727. The first-order valence-electron chi connectivity index (χ1n) is 4.25. The lowest BCUT2D eigenvalue weighted by Gasteiger charge is -1.98. The molecule has 0 aliphatic rings. The summed E-state index contributed by atoms with van der Waals surface area (Å²) in [6, 6.07) is 5.33. The molecule has 0 spiro atoms. The predicted octanol–water partition coefficient (Wildman–Crippen LogP) is 1.67. The largest absolute Gasteiger partial charge is 0.359 e. The average molecular weight is 187 g/mol. The fraction of sp³-hybridized carbons (Fsp3) is 0.100. The van der Waals surface area contributed by atoms with Crippen LogP contribution in [0.2, 0.25) is 0 Å². The molecule has 0 fully saturated rings. The summed E-state index contributed by atoms with van der Waals surface area (Å²) in [5.74, 6) is 0.489. The molecule has 14 heavy (non-hydrogen) atoms. The second kappa shape index (κ2) is 3.41. The number of nitrogens with one attached hydrogen (secondary N) is 1. The van der Waals surface area contributed by atoms with Gasteiger partial charge in [0.2, 0.25) is 0 Å². The number of H-pyrrole nitrogens is 1. The van der Waals surface area contributed by atoms with Crippen molar-refractivity contribution in [2.45, 2.75) is 6.92 Å². The lowest BCUT2D eigenvalue weighted by molar-refractivity contribution is 0.101. The van der Waals surface area contributed by atoms with Gasteiger partial charge in [0.15, 0.2) is 11.6 Å². The van der Waals surface area contributed by atoms with Gasteiger partial charge in [-0.25, -0.2) is 9.97 Å². The van der Waals surface area contributed by atoms with Crippen LogP contribution in [0.25, 0.3) is 11.5 Å². The molecule has 0 radical (unpaired) electrons. The molecule has 0 saturated carbocycles. The van der Waals surface area contributed by atoms with E-state index in [1.54, 1.807) is 18.5 Å². The Morgan fingerprint density at radius 1 is 1.43 bits per heavy atom. The standard InChI is InChI=1S/C10H9N3O/c1-7(14)8-4-6-12-10(13-8)9-3-2-5-11-9/h2-6,11H,1H3. The Morgan fingerprint density at radius 2 is 2.29 bits per heavy atom. The SMILES string of the molecule is CC(=O)c1ccnc(-c2ccc[nH]2)n1. The van der Waals surface area contributed by atoms with Crippen LogP contribution in [0.1, 0.15) is 17.4 Å². The molecule has 1 N–H and O–H groups in total. The first kappa shape index (κ1) is 8.62. The van der Waals surface area contributed by atoms with E-state index in [2.05, 4.69) is 15.0 Å². The topological polar surface area (TPSA) is 58.6 Å². The van der Waals surface area contributed by atoms with Crippen molar-refractivity contribution in [2.24, 2.45) is 0 Å². The number of Topliss-reactive ketones (excluding diaryl/α,β-unsaturated/α-hetero) is 1. The molecule has 0 atom stereocenters. The summed E-state index contributed by atoms with van der Waals surface area (Å²) >= 11 is 0. The zero-order chi connectivity index (χ0) is 9.97. The Kier molecular flexibility index (Phi) is 2.10. The molecule has 4 nitrogen and oxygen atoms in total. The minimum atomic E-state index is -0.0554. The summed E-state index contributed by atoms with van der Waals surface area (Å²) in [6.45, 7) is 1.49. The Balaban J connectivity index is 2.46. The maximum absolute atomic E-state index is 11.1. The molecule has 0 amide bonds. The van der Waals surface area contributed by atoms with Crippen LogP contribution in [0.15, 0.2) is 30.6 Å². The third kappa shape index (κ3) is 1.54. The molecule has 0 saturated heterocycles. The minimum Gasteiger partial charge on any atom is -0.359 e. The molecule has 4 heteroatoms. The van der Waals surface area contributed by atoms with Crippen molar-refractivity contribution in [3.05, 3.63) is 36.3 Å². The van der Waals surface area contributed by atoms with Gasteiger partial charge in [-0.15, -0.1) is 0 Å². The van der Waals surface area contributed by atoms with Crippen molar-refractivity contribution in [3.8, 4) is 11.5 Å². The van der Waals surface area contributed by atoms with Gasteiger partial charge in [-0.2, -0.15) is 0 Å². The van der Waals surface area contributed by atoms with E-state index in [4.69, 9.17) is 0 Å². The van der Waals surface area contributed by atoms with Gasteiger partial charge in [-0.05, 0) is 18.2 Å². The van der Waals surface area contributed by atoms with Gasteiger partial charge < -0.3 is 4.98 Å². The van der Waals surface area contributed by atoms with E-state index < -0.39 is 0 Å². The summed E-state index contributed by atoms with van der Waals surface area (Å²) < 4.78 is 0. The van der Waals surface area contributed by atoms with Gasteiger partial charge >= 0.3 is 0 Å². The predicted molar refractivity (Wildman–Crippen MR) is 51.8 cm³/mol. The maximum atomic E-state index is 11.1. The number of carbonyl (C=O) groups excluding carboxylic acids is 1. The molecule has 0 bridgehead atoms. The van der Waals surface area contributed by atoms with Crippen LogP contribution in [-0.4, -0.2) is 20.7 Å². The summed E-state index contributed by atoms with van der Waals surface area (Å²) in [6.07, 6.45) is 3.37. The first-order chi connectivity index (χ1) is 6.77. The van der Waals surface area contributed by atoms with E-state index >= 15 is 0 Å². The molecule has 2 heterocycles. The summed E-state index contributed by atoms with van der Waals surface area (Å²) in [7, 11) is 0. The van der Waals surface area contributed by atoms with E-state index in [1.807, 2.05) is 12.1 Å². The molecule has 0 aliphatic carbocycles. The monoisotopic (exact) mass is 187 g/mol. The fourth-order valence-electron chi connectivity index (χ4n) is 1.15. The lowest BCUT2D eigenvalue weighted by atomic mass is 10.3. The molecule has 0 aromatic carbocycles. The Morgan fingerprint density at radius 3 is 2.93 bits per heavy atom. The van der Waals surface area contributed by atoms with Crippen molar-refractivity contribution in [1.29, 1.82) is 0 Å². The van der Waals surface area contributed by atoms with E-state index in [0.29, 0.717) is 11.5 Å². The van der Waals surface area contributed by atoms with Gasteiger partial charge in [-0.1, -0.05) is 0 Å². The van der Waals surface area contributed by atoms with Crippen LogP contribution in [-0.2, 0) is 0 Å². The van der Waals surface area contributed by atoms with E-state index in [-0.39, 0.29) is 5.78 Å². The molecule has 0 aliphatic heterocycles. The Bertz CT molecular complexity index is 448. The number of rotatable bonds is 2. The van der Waals surface area contributed by atoms with Gasteiger partial charge in [-0.3, -0.25) is 4.79 Å². The summed E-state index contributed by atoms with van der Waals surface area (Å²) in [5, 5.41) is 0. The van der Waals surface area contributed by atoms with Crippen molar-refractivity contribution in [2.75, 3.05) is 0 Å². The highest BCUT2D eigenvalue weighted by atomic mass is 16.1. The van der Waals surface area contributed by atoms with Gasteiger partial charge in [0.1, 0.15) is 5.69 Å². The van der Waals surface area contributed by atoms with Crippen LogP contribution < -0.4 is 0 Å². The molecule has 0 unspecified atom stereocenters. The molecule has 2 aromatic rings. The molecule has 70 valence electrons. The van der Waals surface area contributed by atoms with Crippen LogP contribution in [0.3, 0.4) is 0 Å². The zero-order valence-electron chi connectivity index (χ0n) is 7.69. The first-order valence-corrected chi connectivity index (χ1v) is 4.25. The van der Waals surface area contributed by atoms with Crippen LogP contribution in [0, 0.1) is 0 Å². The second-order valence-corrected chi connectivity index (χ2v) is 2.91. The smallest absolute Gasteiger partial charge is 0.178 e. The van der Waals surface area contributed by atoms with Crippen LogP contribution in [0.5, 0.6) is 0 Å². The Labute approximate surface area is 81.0 Å².